The molecule has 1 aliphatic rings. The molecule has 24 heavy (non-hydrogen) atoms. The minimum Gasteiger partial charge on any atom is -0.383 e. The highest BCUT2D eigenvalue weighted by atomic mass is 35.5. The monoisotopic (exact) mass is 342 g/mol. The van der Waals surface area contributed by atoms with Crippen LogP contribution in [0.4, 0.5) is 11.4 Å². The summed E-state index contributed by atoms with van der Waals surface area (Å²) in [6.07, 6.45) is 1.97. The first-order valence-electron chi connectivity index (χ1n) is 8.40. The number of rotatable bonds is 2. The standard InChI is InChI=1S/C19H23ClN4/c20-16-6-3-5-15(13-16)14-23-19-9-12-21-10-4-11-22-17-7-1-2-8-18(17)24-19/h1-3,5-8,13,21-22H,4,9-12,14H2,(H,23,24). The third-order valence-electron chi connectivity index (χ3n) is 3.93. The molecule has 0 unspecified atom stereocenters. The molecule has 0 fully saturated rings. The number of hydrogen-bond donors (Lipinski definition) is 3. The number of halogens is 1. The van der Waals surface area contributed by atoms with Crippen molar-refractivity contribution in [1.29, 1.82) is 0 Å². The number of anilines is 2. The van der Waals surface area contributed by atoms with E-state index < -0.39 is 0 Å². The summed E-state index contributed by atoms with van der Waals surface area (Å²) in [5.74, 6) is 0.985. The molecular weight excluding hydrogens is 320 g/mol. The highest BCUT2D eigenvalue weighted by Crippen LogP contribution is 2.21. The van der Waals surface area contributed by atoms with Crippen LogP contribution in [0, 0.1) is 0 Å². The van der Waals surface area contributed by atoms with Crippen LogP contribution in [0.25, 0.3) is 0 Å². The summed E-state index contributed by atoms with van der Waals surface area (Å²) >= 11 is 6.06. The van der Waals surface area contributed by atoms with Gasteiger partial charge in [0.2, 0.25) is 0 Å². The lowest BCUT2D eigenvalue weighted by Crippen LogP contribution is -2.23. The van der Waals surface area contributed by atoms with Crippen molar-refractivity contribution in [3.8, 4) is 0 Å². The normalized spacial score (nSPS) is 17.3. The third kappa shape index (κ3) is 4.98. The Labute approximate surface area is 148 Å². The van der Waals surface area contributed by atoms with E-state index in [1.54, 1.807) is 0 Å². The van der Waals surface area contributed by atoms with Crippen LogP contribution in [-0.2, 0) is 6.54 Å². The van der Waals surface area contributed by atoms with Crippen LogP contribution in [0.2, 0.25) is 5.02 Å². The fourth-order valence-electron chi connectivity index (χ4n) is 2.67. The number of hydrogen-bond acceptors (Lipinski definition) is 3. The van der Waals surface area contributed by atoms with E-state index in [4.69, 9.17) is 16.6 Å². The fourth-order valence-corrected chi connectivity index (χ4v) is 2.89. The maximum atomic E-state index is 6.06. The zero-order valence-corrected chi connectivity index (χ0v) is 14.4. The number of fused-ring (bicyclic) bond motifs is 1. The molecule has 0 bridgehead atoms. The second-order valence-corrected chi connectivity index (χ2v) is 6.28. The number of benzene rings is 2. The Morgan fingerprint density at radius 3 is 2.71 bits per heavy atom. The van der Waals surface area contributed by atoms with Crippen LogP contribution in [0.5, 0.6) is 0 Å². The average Bonchev–Trinajstić information content (AvgIpc) is 2.64. The van der Waals surface area contributed by atoms with E-state index in [9.17, 15) is 0 Å². The van der Waals surface area contributed by atoms with Gasteiger partial charge in [0.05, 0.1) is 17.9 Å². The molecule has 3 rings (SSSR count). The number of amidine groups is 1. The first-order valence-corrected chi connectivity index (χ1v) is 8.77. The van der Waals surface area contributed by atoms with Crippen LogP contribution in [-0.4, -0.2) is 25.5 Å². The molecule has 0 aliphatic carbocycles. The van der Waals surface area contributed by atoms with Crippen molar-refractivity contribution in [1.82, 2.24) is 5.32 Å². The van der Waals surface area contributed by atoms with Crippen molar-refractivity contribution in [2.75, 3.05) is 30.3 Å². The molecule has 0 saturated heterocycles. The lowest BCUT2D eigenvalue weighted by Gasteiger charge is -2.14. The van der Waals surface area contributed by atoms with Gasteiger partial charge in [0.25, 0.3) is 0 Å². The van der Waals surface area contributed by atoms with Gasteiger partial charge >= 0.3 is 0 Å². The summed E-state index contributed by atoms with van der Waals surface area (Å²) in [4.78, 5) is 4.78. The molecule has 126 valence electrons. The van der Waals surface area contributed by atoms with Gasteiger partial charge in [-0.25, -0.2) is 0 Å². The SMILES string of the molecule is Clc1cccc(CN=C2CCNCCCNc3ccccc3N2)c1. The minimum atomic E-state index is 0.624. The van der Waals surface area contributed by atoms with Crippen molar-refractivity contribution in [2.24, 2.45) is 4.99 Å². The Hall–Kier alpha value is -2.04. The van der Waals surface area contributed by atoms with E-state index in [0.717, 1.165) is 60.3 Å². The summed E-state index contributed by atoms with van der Waals surface area (Å²) in [5, 5.41) is 11.2. The first-order chi connectivity index (χ1) is 11.8. The van der Waals surface area contributed by atoms with Gasteiger partial charge in [-0.3, -0.25) is 4.99 Å². The average molecular weight is 343 g/mol. The zero-order chi connectivity index (χ0) is 16.6. The highest BCUT2D eigenvalue weighted by Gasteiger charge is 2.07. The Kier molecular flexibility index (Phi) is 6.10. The van der Waals surface area contributed by atoms with E-state index in [1.807, 2.05) is 30.3 Å². The predicted molar refractivity (Wildman–Crippen MR) is 103 cm³/mol. The van der Waals surface area contributed by atoms with Crippen molar-refractivity contribution >= 4 is 28.8 Å². The lowest BCUT2D eigenvalue weighted by molar-refractivity contribution is 0.673. The molecule has 0 saturated carbocycles. The summed E-state index contributed by atoms with van der Waals surface area (Å²) in [7, 11) is 0. The van der Waals surface area contributed by atoms with Crippen molar-refractivity contribution in [2.45, 2.75) is 19.4 Å². The Morgan fingerprint density at radius 1 is 0.958 bits per heavy atom. The minimum absolute atomic E-state index is 0.624. The fraction of sp³-hybridized carbons (Fsp3) is 0.316. The van der Waals surface area contributed by atoms with E-state index in [2.05, 4.69) is 34.1 Å². The van der Waals surface area contributed by atoms with Crippen LogP contribution in [0.3, 0.4) is 0 Å². The molecule has 4 nitrogen and oxygen atoms in total. The summed E-state index contributed by atoms with van der Waals surface area (Å²) in [6, 6.07) is 16.1. The molecular formula is C19H23ClN4. The second-order valence-electron chi connectivity index (χ2n) is 5.84. The molecule has 0 atom stereocenters. The van der Waals surface area contributed by atoms with Gasteiger partial charge in [-0.1, -0.05) is 35.9 Å². The Bertz CT molecular complexity index is 699. The van der Waals surface area contributed by atoms with Crippen LogP contribution in [0.15, 0.2) is 53.5 Å². The van der Waals surface area contributed by atoms with Gasteiger partial charge in [0, 0.05) is 24.5 Å². The van der Waals surface area contributed by atoms with Gasteiger partial charge in [0.1, 0.15) is 5.84 Å². The number of nitrogens with zero attached hydrogens (tertiary/aromatic N) is 1. The smallest absolute Gasteiger partial charge is 0.102 e. The van der Waals surface area contributed by atoms with E-state index in [0.29, 0.717) is 6.54 Å². The van der Waals surface area contributed by atoms with Gasteiger partial charge in [0.15, 0.2) is 0 Å². The number of para-hydroxylation sites is 2. The molecule has 1 heterocycles. The predicted octanol–water partition coefficient (Wildman–Crippen LogP) is 4.15. The quantitative estimate of drug-likeness (QED) is 0.768. The third-order valence-corrected chi connectivity index (χ3v) is 4.17. The van der Waals surface area contributed by atoms with Crippen molar-refractivity contribution < 1.29 is 0 Å². The van der Waals surface area contributed by atoms with Gasteiger partial charge in [-0.2, -0.15) is 0 Å². The number of aliphatic imine (C=N–C) groups is 1. The maximum absolute atomic E-state index is 6.06. The van der Waals surface area contributed by atoms with Crippen molar-refractivity contribution in [3.05, 3.63) is 59.1 Å². The van der Waals surface area contributed by atoms with Crippen LogP contribution in [0.1, 0.15) is 18.4 Å². The molecule has 3 N–H and O–H groups in total. The van der Waals surface area contributed by atoms with E-state index in [1.165, 1.54) is 0 Å². The highest BCUT2D eigenvalue weighted by molar-refractivity contribution is 6.30. The summed E-state index contributed by atoms with van der Waals surface area (Å²) < 4.78 is 0. The number of nitrogens with one attached hydrogen (secondary N) is 3. The lowest BCUT2D eigenvalue weighted by atomic mass is 10.2. The molecule has 0 spiro atoms. The summed E-state index contributed by atoms with van der Waals surface area (Å²) in [6.45, 7) is 3.51. The largest absolute Gasteiger partial charge is 0.383 e. The second kappa shape index (κ2) is 8.71. The Morgan fingerprint density at radius 2 is 1.83 bits per heavy atom. The summed E-state index contributed by atoms with van der Waals surface area (Å²) in [5.41, 5.74) is 3.31. The molecule has 0 radical (unpaired) electrons. The molecule has 1 aliphatic heterocycles. The van der Waals surface area contributed by atoms with Gasteiger partial charge < -0.3 is 16.0 Å². The topological polar surface area (TPSA) is 48.5 Å². The molecule has 2 aromatic carbocycles. The molecule has 0 amide bonds. The Balaban J connectivity index is 1.78. The maximum Gasteiger partial charge on any atom is 0.102 e. The van der Waals surface area contributed by atoms with Gasteiger partial charge in [-0.15, -0.1) is 0 Å². The first kappa shape index (κ1) is 16.8. The van der Waals surface area contributed by atoms with Crippen LogP contribution < -0.4 is 16.0 Å². The zero-order valence-electron chi connectivity index (χ0n) is 13.7. The molecule has 5 heteroatoms. The van der Waals surface area contributed by atoms with Crippen LogP contribution >= 0.6 is 11.6 Å². The molecule has 2 aromatic rings. The van der Waals surface area contributed by atoms with E-state index >= 15 is 0 Å². The van der Waals surface area contributed by atoms with Crippen molar-refractivity contribution in [3.63, 3.8) is 0 Å². The molecule has 0 aromatic heterocycles. The van der Waals surface area contributed by atoms with Gasteiger partial charge in [-0.05, 0) is 42.8 Å². The van der Waals surface area contributed by atoms with E-state index in [-0.39, 0.29) is 0 Å².